The fourth-order valence-corrected chi connectivity index (χ4v) is 3.59. The van der Waals surface area contributed by atoms with E-state index in [1.54, 1.807) is 0 Å². The van der Waals surface area contributed by atoms with Crippen LogP contribution in [0.25, 0.3) is 0 Å². The molecule has 0 radical (unpaired) electrons. The van der Waals surface area contributed by atoms with Crippen LogP contribution in [-0.2, 0) is 9.53 Å². The van der Waals surface area contributed by atoms with Gasteiger partial charge < -0.3 is 14.5 Å². The topological polar surface area (TPSA) is 53.1 Å². The molecule has 6 heteroatoms. The minimum atomic E-state index is 0.0609. The van der Waals surface area contributed by atoms with E-state index in [1.807, 2.05) is 34.1 Å². The van der Waals surface area contributed by atoms with Crippen LogP contribution in [0, 0.1) is 0 Å². The first-order valence-corrected chi connectivity index (χ1v) is 10.0. The highest BCUT2D eigenvalue weighted by Gasteiger charge is 2.25. The summed E-state index contributed by atoms with van der Waals surface area (Å²) in [6.07, 6.45) is 0.546. The van der Waals surface area contributed by atoms with E-state index in [0.29, 0.717) is 38.5 Å². The van der Waals surface area contributed by atoms with E-state index in [1.165, 1.54) is 5.56 Å². The van der Waals surface area contributed by atoms with Crippen molar-refractivity contribution in [3.8, 4) is 0 Å². The molecular weight excluding hydrogens is 342 g/mol. The molecule has 2 heterocycles. The lowest BCUT2D eigenvalue weighted by atomic mass is 10.0. The van der Waals surface area contributed by atoms with Gasteiger partial charge >= 0.3 is 0 Å². The third-order valence-electron chi connectivity index (χ3n) is 5.49. The molecule has 0 bridgehead atoms. The SMILES string of the molecule is CC(C)c1ccc(C(=O)N2CCN(C(=O)CCN3CCOCC3)CC2)cc1. The largest absolute Gasteiger partial charge is 0.379 e. The summed E-state index contributed by atoms with van der Waals surface area (Å²) in [5.74, 6) is 0.710. The first-order chi connectivity index (χ1) is 13.0. The van der Waals surface area contributed by atoms with Crippen molar-refractivity contribution >= 4 is 11.8 Å². The quantitative estimate of drug-likeness (QED) is 0.790. The van der Waals surface area contributed by atoms with Gasteiger partial charge in [-0.1, -0.05) is 26.0 Å². The van der Waals surface area contributed by atoms with Gasteiger partial charge in [0.05, 0.1) is 13.2 Å². The minimum absolute atomic E-state index is 0.0609. The Balaban J connectivity index is 1.44. The number of amides is 2. The molecule has 148 valence electrons. The molecule has 3 rings (SSSR count). The second-order valence-electron chi connectivity index (χ2n) is 7.65. The Labute approximate surface area is 162 Å². The monoisotopic (exact) mass is 373 g/mol. The lowest BCUT2D eigenvalue weighted by Crippen LogP contribution is -2.51. The Morgan fingerprint density at radius 2 is 1.52 bits per heavy atom. The molecule has 2 amide bonds. The third kappa shape index (κ3) is 5.30. The fraction of sp³-hybridized carbons (Fsp3) is 0.619. The van der Waals surface area contributed by atoms with Crippen molar-refractivity contribution in [1.82, 2.24) is 14.7 Å². The summed E-state index contributed by atoms with van der Waals surface area (Å²) < 4.78 is 5.34. The van der Waals surface area contributed by atoms with E-state index in [4.69, 9.17) is 4.74 Å². The van der Waals surface area contributed by atoms with Crippen LogP contribution < -0.4 is 0 Å². The first-order valence-electron chi connectivity index (χ1n) is 10.0. The molecule has 1 aromatic carbocycles. The number of hydrogen-bond acceptors (Lipinski definition) is 4. The molecule has 0 aromatic heterocycles. The van der Waals surface area contributed by atoms with Crippen molar-refractivity contribution in [2.24, 2.45) is 0 Å². The summed E-state index contributed by atoms with van der Waals surface area (Å²) in [5.41, 5.74) is 1.97. The van der Waals surface area contributed by atoms with Crippen molar-refractivity contribution in [1.29, 1.82) is 0 Å². The van der Waals surface area contributed by atoms with E-state index in [0.717, 1.165) is 38.4 Å². The third-order valence-corrected chi connectivity index (χ3v) is 5.49. The summed E-state index contributed by atoms with van der Waals surface area (Å²) in [5, 5.41) is 0. The molecule has 2 saturated heterocycles. The molecule has 6 nitrogen and oxygen atoms in total. The first kappa shape index (κ1) is 19.8. The number of piperazine rings is 1. The van der Waals surface area contributed by atoms with Crippen LogP contribution in [0.2, 0.25) is 0 Å². The van der Waals surface area contributed by atoms with E-state index in [2.05, 4.69) is 18.7 Å². The number of carbonyl (C=O) groups is 2. The van der Waals surface area contributed by atoms with Gasteiger partial charge in [0, 0.05) is 57.8 Å². The van der Waals surface area contributed by atoms with Crippen LogP contribution in [0.4, 0.5) is 0 Å². The van der Waals surface area contributed by atoms with Crippen molar-refractivity contribution < 1.29 is 14.3 Å². The number of nitrogens with zero attached hydrogens (tertiary/aromatic N) is 3. The molecule has 2 aliphatic rings. The standard InChI is InChI=1S/C21H31N3O3/c1-17(2)18-3-5-19(6-4-18)21(26)24-11-9-23(10-12-24)20(25)7-8-22-13-15-27-16-14-22/h3-6,17H,7-16H2,1-2H3. The summed E-state index contributed by atoms with van der Waals surface area (Å²) in [4.78, 5) is 31.2. The van der Waals surface area contributed by atoms with Gasteiger partial charge in [-0.2, -0.15) is 0 Å². The van der Waals surface area contributed by atoms with E-state index >= 15 is 0 Å². The summed E-state index contributed by atoms with van der Waals surface area (Å²) in [6, 6.07) is 7.89. The molecule has 0 spiro atoms. The van der Waals surface area contributed by atoms with Crippen molar-refractivity contribution in [3.63, 3.8) is 0 Å². The van der Waals surface area contributed by atoms with E-state index in [-0.39, 0.29) is 11.8 Å². The van der Waals surface area contributed by atoms with Gasteiger partial charge in [0.1, 0.15) is 0 Å². The van der Waals surface area contributed by atoms with Gasteiger partial charge in [-0.3, -0.25) is 14.5 Å². The van der Waals surface area contributed by atoms with Gasteiger partial charge in [-0.25, -0.2) is 0 Å². The molecule has 1 aromatic rings. The lowest BCUT2D eigenvalue weighted by Gasteiger charge is -2.35. The number of morpholine rings is 1. The van der Waals surface area contributed by atoms with Crippen LogP contribution in [-0.4, -0.2) is 85.5 Å². The Bertz CT molecular complexity index is 631. The second-order valence-corrected chi connectivity index (χ2v) is 7.65. The highest BCUT2D eigenvalue weighted by Crippen LogP contribution is 2.16. The average molecular weight is 373 g/mol. The zero-order valence-corrected chi connectivity index (χ0v) is 16.5. The number of carbonyl (C=O) groups excluding carboxylic acids is 2. The summed E-state index contributed by atoms with van der Waals surface area (Å²) in [7, 11) is 0. The van der Waals surface area contributed by atoms with Crippen LogP contribution >= 0.6 is 0 Å². The summed E-state index contributed by atoms with van der Waals surface area (Å²) in [6.45, 7) is 10.9. The smallest absolute Gasteiger partial charge is 0.253 e. The zero-order chi connectivity index (χ0) is 19.2. The lowest BCUT2D eigenvalue weighted by molar-refractivity contribution is -0.133. The Kier molecular flexibility index (Phi) is 6.85. The fourth-order valence-electron chi connectivity index (χ4n) is 3.59. The predicted molar refractivity (Wildman–Crippen MR) is 105 cm³/mol. The maximum absolute atomic E-state index is 12.7. The number of hydrogen-bond donors (Lipinski definition) is 0. The average Bonchev–Trinajstić information content (AvgIpc) is 2.72. The van der Waals surface area contributed by atoms with Gasteiger partial charge in [0.2, 0.25) is 5.91 Å². The van der Waals surface area contributed by atoms with E-state index in [9.17, 15) is 9.59 Å². The molecular formula is C21H31N3O3. The normalized spacial score (nSPS) is 18.8. The Morgan fingerprint density at radius 3 is 2.11 bits per heavy atom. The van der Waals surface area contributed by atoms with Gasteiger partial charge in [0.25, 0.3) is 5.91 Å². The zero-order valence-electron chi connectivity index (χ0n) is 16.5. The molecule has 27 heavy (non-hydrogen) atoms. The highest BCUT2D eigenvalue weighted by molar-refractivity contribution is 5.94. The van der Waals surface area contributed by atoms with Crippen LogP contribution in [0.15, 0.2) is 24.3 Å². The minimum Gasteiger partial charge on any atom is -0.379 e. The molecule has 2 fully saturated rings. The molecule has 2 aliphatic heterocycles. The maximum Gasteiger partial charge on any atom is 0.253 e. The molecule has 0 saturated carbocycles. The van der Waals surface area contributed by atoms with Crippen molar-refractivity contribution in [3.05, 3.63) is 35.4 Å². The predicted octanol–water partition coefficient (Wildman–Crippen LogP) is 1.82. The van der Waals surface area contributed by atoms with E-state index < -0.39 is 0 Å². The van der Waals surface area contributed by atoms with Crippen molar-refractivity contribution in [2.45, 2.75) is 26.2 Å². The Morgan fingerprint density at radius 1 is 0.926 bits per heavy atom. The maximum atomic E-state index is 12.7. The molecule has 0 unspecified atom stereocenters. The van der Waals surface area contributed by atoms with Gasteiger partial charge in [-0.15, -0.1) is 0 Å². The van der Waals surface area contributed by atoms with Crippen LogP contribution in [0.1, 0.15) is 42.1 Å². The molecule has 0 atom stereocenters. The number of rotatable bonds is 5. The van der Waals surface area contributed by atoms with Crippen molar-refractivity contribution in [2.75, 3.05) is 59.0 Å². The van der Waals surface area contributed by atoms with Crippen LogP contribution in [0.3, 0.4) is 0 Å². The highest BCUT2D eigenvalue weighted by atomic mass is 16.5. The molecule has 0 aliphatic carbocycles. The van der Waals surface area contributed by atoms with Crippen LogP contribution in [0.5, 0.6) is 0 Å². The number of ether oxygens (including phenoxy) is 1. The van der Waals surface area contributed by atoms with Gasteiger partial charge in [0.15, 0.2) is 0 Å². The second kappa shape index (κ2) is 9.33. The van der Waals surface area contributed by atoms with Gasteiger partial charge in [-0.05, 0) is 23.6 Å². The number of benzene rings is 1. The summed E-state index contributed by atoms with van der Waals surface area (Å²) >= 11 is 0. The Hall–Kier alpha value is -1.92. The molecule has 0 N–H and O–H groups in total.